The molecule has 0 bridgehead atoms. The summed E-state index contributed by atoms with van der Waals surface area (Å²) in [5.74, 6) is 0. The third-order valence-electron chi connectivity index (χ3n) is 8.12. The van der Waals surface area contributed by atoms with Crippen LogP contribution in [-0.4, -0.2) is 18.3 Å². The summed E-state index contributed by atoms with van der Waals surface area (Å²) < 4.78 is 18.9. The first-order chi connectivity index (χ1) is 18.3. The van der Waals surface area contributed by atoms with Crippen molar-refractivity contribution in [2.24, 2.45) is 0 Å². The van der Waals surface area contributed by atoms with Crippen molar-refractivity contribution in [3.8, 4) is 11.1 Å². The molecule has 3 nitrogen and oxygen atoms in total. The molecule has 5 aromatic carbocycles. The Morgan fingerprint density at radius 1 is 0.553 bits per heavy atom. The predicted octanol–water partition coefficient (Wildman–Crippen LogP) is 8.88. The Morgan fingerprint density at radius 3 is 1.71 bits per heavy atom. The maximum absolute atomic E-state index is 6.46. The summed E-state index contributed by atoms with van der Waals surface area (Å²) in [6, 6.07) is 32.1. The molecule has 1 aliphatic rings. The molecule has 38 heavy (non-hydrogen) atoms. The molecule has 1 fully saturated rings. The van der Waals surface area contributed by atoms with Gasteiger partial charge in [-0.25, -0.2) is 0 Å². The maximum atomic E-state index is 6.46. The van der Waals surface area contributed by atoms with E-state index in [2.05, 4.69) is 119 Å². The molecule has 190 valence electrons. The highest BCUT2D eigenvalue weighted by Gasteiger charge is 2.51. The molecule has 0 unspecified atom stereocenters. The molecular weight excluding hydrogens is 467 g/mol. The van der Waals surface area contributed by atoms with Crippen molar-refractivity contribution in [1.82, 2.24) is 0 Å². The van der Waals surface area contributed by atoms with Crippen molar-refractivity contribution in [1.29, 1.82) is 0 Å². The summed E-state index contributed by atoms with van der Waals surface area (Å²) in [7, 11) is -0.357. The number of fused-ring (bicyclic) bond motifs is 8. The van der Waals surface area contributed by atoms with Crippen LogP contribution in [0.3, 0.4) is 0 Å². The van der Waals surface area contributed by atoms with E-state index in [1.165, 1.54) is 21.5 Å². The van der Waals surface area contributed by atoms with Gasteiger partial charge in [-0.3, -0.25) is 0 Å². The van der Waals surface area contributed by atoms with Crippen molar-refractivity contribution < 1.29 is 13.7 Å². The van der Waals surface area contributed by atoms with E-state index in [9.17, 15) is 0 Å². The second-order valence-corrected chi connectivity index (χ2v) is 10.8. The molecule has 2 heterocycles. The highest BCUT2D eigenvalue weighted by atomic mass is 16.7. The second-order valence-electron chi connectivity index (χ2n) is 10.8. The Hall–Kier alpha value is -3.60. The number of hydrogen-bond donors (Lipinski definition) is 0. The van der Waals surface area contributed by atoms with Crippen LogP contribution in [0, 0.1) is 0 Å². The lowest BCUT2D eigenvalue weighted by molar-refractivity contribution is 0.00578. The fourth-order valence-electron chi connectivity index (χ4n) is 5.40. The Balaban J connectivity index is 0.00000129. The summed E-state index contributed by atoms with van der Waals surface area (Å²) in [5, 5.41) is 7.15. The standard InChI is InChI=1S/C32H27BO3.C2H6/c1-31(2)32(3,4)36-33(35-31)22-16-13-20(14-17-22)21-15-18-28-27(19-21)29-25-11-7-5-9-23(25)24-10-6-8-12-26(24)30(29)34-28;1-2/h5-19H,1-4H3;1-2H3. The molecule has 7 rings (SSSR count). The Labute approximate surface area is 224 Å². The highest BCUT2D eigenvalue weighted by molar-refractivity contribution is 6.62. The quantitative estimate of drug-likeness (QED) is 0.176. The van der Waals surface area contributed by atoms with Crippen LogP contribution in [0.25, 0.3) is 54.6 Å². The van der Waals surface area contributed by atoms with E-state index in [-0.39, 0.29) is 18.3 Å². The van der Waals surface area contributed by atoms with Gasteiger partial charge < -0.3 is 13.7 Å². The minimum absolute atomic E-state index is 0.351. The van der Waals surface area contributed by atoms with Crippen molar-refractivity contribution in [2.45, 2.75) is 52.7 Å². The van der Waals surface area contributed by atoms with Crippen LogP contribution >= 0.6 is 0 Å². The molecule has 1 saturated heterocycles. The van der Waals surface area contributed by atoms with Gasteiger partial charge in [0.25, 0.3) is 0 Å². The molecule has 0 spiro atoms. The van der Waals surface area contributed by atoms with Crippen molar-refractivity contribution >= 4 is 56.1 Å². The molecule has 1 aliphatic heterocycles. The monoisotopic (exact) mass is 500 g/mol. The average molecular weight is 500 g/mol. The zero-order chi connectivity index (χ0) is 26.7. The maximum Gasteiger partial charge on any atom is 0.494 e. The lowest BCUT2D eigenvalue weighted by atomic mass is 9.78. The third kappa shape index (κ3) is 3.74. The van der Waals surface area contributed by atoms with Gasteiger partial charge in [-0.15, -0.1) is 0 Å². The Bertz CT molecular complexity index is 1780. The average Bonchev–Trinajstić information content (AvgIpc) is 3.43. The lowest BCUT2D eigenvalue weighted by Gasteiger charge is -2.32. The molecule has 0 atom stereocenters. The van der Waals surface area contributed by atoms with E-state index in [1.54, 1.807) is 0 Å². The van der Waals surface area contributed by atoms with E-state index in [0.29, 0.717) is 0 Å². The Kier molecular flexibility index (Phi) is 5.86. The Morgan fingerprint density at radius 2 is 1.08 bits per heavy atom. The van der Waals surface area contributed by atoms with Crippen LogP contribution in [-0.2, 0) is 9.31 Å². The fourth-order valence-corrected chi connectivity index (χ4v) is 5.40. The third-order valence-corrected chi connectivity index (χ3v) is 8.12. The van der Waals surface area contributed by atoms with Gasteiger partial charge in [0.1, 0.15) is 11.2 Å². The molecule has 0 radical (unpaired) electrons. The van der Waals surface area contributed by atoms with E-state index in [1.807, 2.05) is 13.8 Å². The van der Waals surface area contributed by atoms with E-state index in [4.69, 9.17) is 13.7 Å². The van der Waals surface area contributed by atoms with Gasteiger partial charge in [0.2, 0.25) is 0 Å². The first-order valence-corrected chi connectivity index (χ1v) is 13.5. The SMILES string of the molecule is CC.CC1(C)OB(c2ccc(-c3ccc4oc5c6ccccc6c6ccccc6c5c4c3)cc2)OC1(C)C. The fraction of sp³-hybridized carbons (Fsp3) is 0.235. The van der Waals surface area contributed by atoms with Gasteiger partial charge in [-0.1, -0.05) is 92.7 Å². The largest absolute Gasteiger partial charge is 0.494 e. The molecule has 4 heteroatoms. The zero-order valence-electron chi connectivity index (χ0n) is 23.0. The molecule has 0 N–H and O–H groups in total. The molecule has 0 amide bonds. The predicted molar refractivity (Wildman–Crippen MR) is 161 cm³/mol. The van der Waals surface area contributed by atoms with Gasteiger partial charge in [0.05, 0.1) is 11.2 Å². The first kappa shape index (κ1) is 24.7. The van der Waals surface area contributed by atoms with Crippen LogP contribution in [0.15, 0.2) is 95.4 Å². The van der Waals surface area contributed by atoms with Gasteiger partial charge in [-0.05, 0) is 72.6 Å². The van der Waals surface area contributed by atoms with E-state index >= 15 is 0 Å². The molecule has 0 aliphatic carbocycles. The summed E-state index contributed by atoms with van der Waals surface area (Å²) in [6.07, 6.45) is 0. The lowest BCUT2D eigenvalue weighted by Crippen LogP contribution is -2.41. The zero-order valence-corrected chi connectivity index (χ0v) is 23.0. The number of benzene rings is 5. The summed E-state index contributed by atoms with van der Waals surface area (Å²) in [5.41, 5.74) is 4.49. The topological polar surface area (TPSA) is 31.6 Å². The molecular formula is C34H33BO3. The number of furan rings is 1. The van der Waals surface area contributed by atoms with Crippen LogP contribution in [0.2, 0.25) is 0 Å². The highest BCUT2D eigenvalue weighted by Crippen LogP contribution is 2.42. The number of hydrogen-bond acceptors (Lipinski definition) is 3. The van der Waals surface area contributed by atoms with Crippen molar-refractivity contribution in [2.75, 3.05) is 0 Å². The van der Waals surface area contributed by atoms with Crippen LogP contribution in [0.4, 0.5) is 0 Å². The normalized spacial score (nSPS) is 16.3. The minimum atomic E-state index is -0.357. The van der Waals surface area contributed by atoms with Crippen molar-refractivity contribution in [3.05, 3.63) is 91.0 Å². The van der Waals surface area contributed by atoms with Crippen LogP contribution in [0.5, 0.6) is 0 Å². The van der Waals surface area contributed by atoms with Gasteiger partial charge in [0, 0.05) is 16.2 Å². The first-order valence-electron chi connectivity index (χ1n) is 13.5. The van der Waals surface area contributed by atoms with E-state index in [0.717, 1.165) is 38.5 Å². The molecule has 0 saturated carbocycles. The minimum Gasteiger partial charge on any atom is -0.455 e. The molecule has 1 aromatic heterocycles. The van der Waals surface area contributed by atoms with Crippen LogP contribution in [0.1, 0.15) is 41.5 Å². The van der Waals surface area contributed by atoms with Gasteiger partial charge in [0.15, 0.2) is 0 Å². The summed E-state index contributed by atoms with van der Waals surface area (Å²) in [4.78, 5) is 0. The smallest absolute Gasteiger partial charge is 0.455 e. The van der Waals surface area contributed by atoms with Gasteiger partial charge in [-0.2, -0.15) is 0 Å². The molecule has 6 aromatic rings. The van der Waals surface area contributed by atoms with Gasteiger partial charge >= 0.3 is 7.12 Å². The number of rotatable bonds is 2. The van der Waals surface area contributed by atoms with Crippen molar-refractivity contribution in [3.63, 3.8) is 0 Å². The second kappa shape index (κ2) is 9.01. The summed E-state index contributed by atoms with van der Waals surface area (Å²) in [6.45, 7) is 12.3. The van der Waals surface area contributed by atoms with E-state index < -0.39 is 0 Å². The summed E-state index contributed by atoms with van der Waals surface area (Å²) >= 11 is 0. The van der Waals surface area contributed by atoms with Crippen LogP contribution < -0.4 is 5.46 Å².